The second-order valence-corrected chi connectivity index (χ2v) is 5.49. The van der Waals surface area contributed by atoms with Gasteiger partial charge in [0.25, 0.3) is 0 Å². The molecule has 0 aromatic heterocycles. The minimum absolute atomic E-state index is 0.0820. The zero-order valence-corrected chi connectivity index (χ0v) is 11.0. The number of rotatable bonds is 3. The third-order valence-corrected chi connectivity index (χ3v) is 4.23. The van der Waals surface area contributed by atoms with Gasteiger partial charge in [-0.05, 0) is 24.3 Å². The quantitative estimate of drug-likeness (QED) is 0.831. The molecule has 1 unspecified atom stereocenters. The van der Waals surface area contributed by atoms with Crippen molar-refractivity contribution in [2.45, 2.75) is 37.3 Å². The maximum Gasteiger partial charge on any atom is 0.246 e. The van der Waals surface area contributed by atoms with E-state index in [-0.39, 0.29) is 17.9 Å². The molecule has 2 aliphatic rings. The minimum atomic E-state index is -0.306. The number of benzene rings is 1. The van der Waals surface area contributed by atoms with Crippen LogP contribution in [-0.4, -0.2) is 35.8 Å². The number of nitrogens with one attached hydrogen (secondary N) is 1. The fraction of sp³-hybridized carbons (Fsp3) is 0.467. The maximum atomic E-state index is 11.8. The lowest BCUT2D eigenvalue weighted by Crippen LogP contribution is -2.48. The van der Waals surface area contributed by atoms with Crippen molar-refractivity contribution >= 4 is 11.8 Å². The summed E-state index contributed by atoms with van der Waals surface area (Å²) in [5.41, 5.74) is 1.37. The third-order valence-electron chi connectivity index (χ3n) is 4.23. The van der Waals surface area contributed by atoms with Gasteiger partial charge >= 0.3 is 0 Å². The summed E-state index contributed by atoms with van der Waals surface area (Å²) in [6.07, 6.45) is 2.40. The first-order chi connectivity index (χ1) is 9.15. The molecule has 2 amide bonds. The summed E-state index contributed by atoms with van der Waals surface area (Å²) in [5.74, 6) is 0.415. The highest BCUT2D eigenvalue weighted by Crippen LogP contribution is 2.37. The Hall–Kier alpha value is -1.68. The number of hydrogen-bond donors (Lipinski definition) is 1. The van der Waals surface area contributed by atoms with Crippen LogP contribution in [0.4, 0.5) is 0 Å². The summed E-state index contributed by atoms with van der Waals surface area (Å²) in [6.45, 7) is 0. The lowest BCUT2D eigenvalue weighted by atomic mass is 9.75. The normalized spacial score (nSPS) is 30.6. The summed E-state index contributed by atoms with van der Waals surface area (Å²) >= 11 is 0. The van der Waals surface area contributed by atoms with E-state index in [1.165, 1.54) is 10.5 Å². The molecule has 1 aromatic rings. The predicted molar refractivity (Wildman–Crippen MR) is 71.5 cm³/mol. The molecular weight excluding hydrogens is 240 g/mol. The van der Waals surface area contributed by atoms with Crippen molar-refractivity contribution in [1.82, 2.24) is 10.2 Å². The molecule has 1 aliphatic heterocycles. The van der Waals surface area contributed by atoms with Crippen LogP contribution < -0.4 is 5.32 Å². The number of likely N-dealkylation sites (N-methyl/N-ethyl adjacent to an activating group) is 1. The smallest absolute Gasteiger partial charge is 0.246 e. The van der Waals surface area contributed by atoms with Gasteiger partial charge in [-0.1, -0.05) is 30.3 Å². The number of carbonyl (C=O) groups excluding carboxylic acids is 2. The van der Waals surface area contributed by atoms with Gasteiger partial charge in [-0.15, -0.1) is 0 Å². The molecule has 1 heterocycles. The number of carbonyl (C=O) groups is 2. The van der Waals surface area contributed by atoms with Gasteiger partial charge in [0.1, 0.15) is 0 Å². The van der Waals surface area contributed by atoms with Gasteiger partial charge in [-0.25, -0.2) is 0 Å². The summed E-state index contributed by atoms with van der Waals surface area (Å²) in [4.78, 5) is 24.4. The van der Waals surface area contributed by atoms with Gasteiger partial charge in [0.2, 0.25) is 11.8 Å². The molecule has 0 spiro atoms. The van der Waals surface area contributed by atoms with Crippen LogP contribution in [0.2, 0.25) is 0 Å². The van der Waals surface area contributed by atoms with Crippen LogP contribution in [0.25, 0.3) is 0 Å². The predicted octanol–water partition coefficient (Wildman–Crippen LogP) is 1.28. The number of hydrogen-bond acceptors (Lipinski definition) is 3. The van der Waals surface area contributed by atoms with E-state index in [1.54, 1.807) is 7.05 Å². The maximum absolute atomic E-state index is 11.8. The van der Waals surface area contributed by atoms with Gasteiger partial charge in [-0.2, -0.15) is 0 Å². The molecule has 1 saturated carbocycles. The van der Waals surface area contributed by atoms with Crippen molar-refractivity contribution in [3.63, 3.8) is 0 Å². The molecule has 19 heavy (non-hydrogen) atoms. The Morgan fingerprint density at radius 3 is 2.42 bits per heavy atom. The number of imide groups is 1. The van der Waals surface area contributed by atoms with Crippen LogP contribution in [0.5, 0.6) is 0 Å². The van der Waals surface area contributed by atoms with Crippen molar-refractivity contribution in [1.29, 1.82) is 0 Å². The summed E-state index contributed by atoms with van der Waals surface area (Å²) in [6, 6.07) is 10.5. The van der Waals surface area contributed by atoms with Crippen molar-refractivity contribution in [2.75, 3.05) is 7.05 Å². The molecule has 3 rings (SSSR count). The Bertz CT molecular complexity index is 494. The third kappa shape index (κ3) is 2.28. The largest absolute Gasteiger partial charge is 0.303 e. The van der Waals surface area contributed by atoms with Gasteiger partial charge < -0.3 is 5.32 Å². The van der Waals surface area contributed by atoms with Gasteiger partial charge in [0, 0.05) is 13.1 Å². The van der Waals surface area contributed by atoms with Crippen LogP contribution in [-0.2, 0) is 9.59 Å². The molecule has 1 saturated heterocycles. The lowest BCUT2D eigenvalue weighted by Gasteiger charge is -2.37. The van der Waals surface area contributed by atoms with Crippen LogP contribution in [0.1, 0.15) is 30.7 Å². The second-order valence-electron chi connectivity index (χ2n) is 5.49. The molecule has 1 aliphatic carbocycles. The average Bonchev–Trinajstić information content (AvgIpc) is 2.62. The van der Waals surface area contributed by atoms with Crippen molar-refractivity contribution < 1.29 is 9.59 Å². The van der Waals surface area contributed by atoms with Gasteiger partial charge in [0.05, 0.1) is 12.5 Å². The van der Waals surface area contributed by atoms with Gasteiger partial charge in [-0.3, -0.25) is 14.5 Å². The van der Waals surface area contributed by atoms with Gasteiger partial charge in [0.15, 0.2) is 0 Å². The molecular formula is C15H18N2O2. The summed E-state index contributed by atoms with van der Waals surface area (Å²) in [7, 11) is 1.56. The molecule has 1 N–H and O–H groups in total. The van der Waals surface area contributed by atoms with Crippen molar-refractivity contribution in [3.8, 4) is 0 Å². The van der Waals surface area contributed by atoms with Crippen LogP contribution >= 0.6 is 0 Å². The summed E-state index contributed by atoms with van der Waals surface area (Å²) in [5, 5.41) is 3.31. The van der Waals surface area contributed by atoms with E-state index in [1.807, 2.05) is 6.07 Å². The van der Waals surface area contributed by atoms with Crippen molar-refractivity contribution in [2.24, 2.45) is 0 Å². The fourth-order valence-corrected chi connectivity index (χ4v) is 2.92. The molecule has 0 radical (unpaired) electrons. The van der Waals surface area contributed by atoms with E-state index < -0.39 is 0 Å². The van der Waals surface area contributed by atoms with Crippen molar-refractivity contribution in [3.05, 3.63) is 35.9 Å². The van der Waals surface area contributed by atoms with E-state index in [9.17, 15) is 9.59 Å². The Morgan fingerprint density at radius 1 is 1.16 bits per heavy atom. The van der Waals surface area contributed by atoms with Crippen LogP contribution in [0.3, 0.4) is 0 Å². The zero-order chi connectivity index (χ0) is 13.4. The number of likely N-dealkylation sites (tertiary alicyclic amines) is 1. The topological polar surface area (TPSA) is 49.4 Å². The minimum Gasteiger partial charge on any atom is -0.303 e. The molecule has 100 valence electrons. The van der Waals surface area contributed by atoms with E-state index >= 15 is 0 Å². The molecule has 4 nitrogen and oxygen atoms in total. The van der Waals surface area contributed by atoms with E-state index in [0.717, 1.165) is 12.8 Å². The number of nitrogens with zero attached hydrogens (tertiary/aromatic N) is 1. The first kappa shape index (κ1) is 12.4. The molecule has 2 fully saturated rings. The molecule has 0 bridgehead atoms. The standard InChI is InChI=1S/C15H18N2O2/c1-17-14(18)9-13(15(17)19)16-12-7-11(8-12)10-5-3-2-4-6-10/h2-6,11-13,16H,7-9H2,1H3. The summed E-state index contributed by atoms with van der Waals surface area (Å²) < 4.78 is 0. The monoisotopic (exact) mass is 258 g/mol. The van der Waals surface area contributed by atoms with E-state index in [0.29, 0.717) is 18.4 Å². The fourth-order valence-electron chi connectivity index (χ4n) is 2.92. The zero-order valence-electron chi connectivity index (χ0n) is 11.0. The van der Waals surface area contributed by atoms with Crippen LogP contribution in [0, 0.1) is 0 Å². The highest BCUT2D eigenvalue weighted by atomic mass is 16.2. The Morgan fingerprint density at radius 2 is 1.84 bits per heavy atom. The second kappa shape index (κ2) is 4.78. The van der Waals surface area contributed by atoms with E-state index in [2.05, 4.69) is 29.6 Å². The highest BCUT2D eigenvalue weighted by Gasteiger charge is 2.39. The molecule has 1 atom stereocenters. The lowest BCUT2D eigenvalue weighted by molar-refractivity contribution is -0.137. The Kier molecular flexibility index (Phi) is 3.11. The van der Waals surface area contributed by atoms with E-state index in [4.69, 9.17) is 0 Å². The van der Waals surface area contributed by atoms with Crippen LogP contribution in [0.15, 0.2) is 30.3 Å². The number of amides is 2. The average molecular weight is 258 g/mol. The first-order valence-electron chi connectivity index (χ1n) is 6.76. The Balaban J connectivity index is 1.53. The molecule has 1 aromatic carbocycles. The Labute approximate surface area is 112 Å². The SMILES string of the molecule is CN1C(=O)CC(NC2CC(c3ccccc3)C2)C1=O. The highest BCUT2D eigenvalue weighted by molar-refractivity contribution is 6.05. The first-order valence-corrected chi connectivity index (χ1v) is 6.76. The molecule has 4 heteroatoms.